The zero-order valence-electron chi connectivity index (χ0n) is 11.8. The van der Waals surface area contributed by atoms with Crippen LogP contribution in [0.3, 0.4) is 0 Å². The first-order chi connectivity index (χ1) is 11.3. The molecular formula is C15H8F3N3O3. The van der Waals surface area contributed by atoms with Crippen molar-refractivity contribution in [3.8, 4) is 22.9 Å². The standard InChI is InChI=1S/C15H8F3N3O3/c16-15(17,18)11-6-4-9(5-7-11)13-19-20-14(24-13)10-2-1-3-12(8-10)21(22)23/h1-8H. The Kier molecular flexibility index (Phi) is 3.76. The number of aromatic nitrogens is 2. The smallest absolute Gasteiger partial charge is 0.416 e. The maximum absolute atomic E-state index is 12.5. The van der Waals surface area contributed by atoms with Crippen LogP contribution in [0.15, 0.2) is 52.9 Å². The third-order valence-corrected chi connectivity index (χ3v) is 3.19. The summed E-state index contributed by atoms with van der Waals surface area (Å²) in [6, 6.07) is 9.85. The number of nitro groups is 1. The van der Waals surface area contributed by atoms with Gasteiger partial charge in [-0.3, -0.25) is 10.1 Å². The number of nitrogens with zero attached hydrogens (tertiary/aromatic N) is 3. The van der Waals surface area contributed by atoms with Gasteiger partial charge in [-0.15, -0.1) is 10.2 Å². The number of halogens is 3. The molecule has 0 aliphatic rings. The van der Waals surface area contributed by atoms with Crippen molar-refractivity contribution < 1.29 is 22.5 Å². The van der Waals surface area contributed by atoms with E-state index in [2.05, 4.69) is 10.2 Å². The highest BCUT2D eigenvalue weighted by Gasteiger charge is 2.30. The Labute approximate surface area is 132 Å². The molecule has 0 bridgehead atoms. The van der Waals surface area contributed by atoms with Gasteiger partial charge in [0.2, 0.25) is 11.8 Å². The Morgan fingerprint density at radius 3 is 2.17 bits per heavy atom. The zero-order chi connectivity index (χ0) is 17.3. The number of nitro benzene ring substituents is 1. The molecule has 0 radical (unpaired) electrons. The normalized spacial score (nSPS) is 11.5. The molecule has 0 saturated carbocycles. The van der Waals surface area contributed by atoms with Gasteiger partial charge in [0.05, 0.1) is 10.5 Å². The molecule has 24 heavy (non-hydrogen) atoms. The number of rotatable bonds is 3. The van der Waals surface area contributed by atoms with Gasteiger partial charge in [-0.05, 0) is 30.3 Å². The van der Waals surface area contributed by atoms with E-state index in [1.807, 2.05) is 0 Å². The van der Waals surface area contributed by atoms with Gasteiger partial charge in [0, 0.05) is 23.3 Å². The van der Waals surface area contributed by atoms with Gasteiger partial charge in [-0.2, -0.15) is 13.2 Å². The van der Waals surface area contributed by atoms with Crippen molar-refractivity contribution in [2.24, 2.45) is 0 Å². The van der Waals surface area contributed by atoms with Crippen molar-refractivity contribution in [3.05, 3.63) is 64.2 Å². The number of alkyl halides is 3. The number of non-ortho nitro benzene ring substituents is 1. The van der Waals surface area contributed by atoms with Crippen molar-refractivity contribution in [2.45, 2.75) is 6.18 Å². The van der Waals surface area contributed by atoms with Crippen LogP contribution in [0.2, 0.25) is 0 Å². The summed E-state index contributed by atoms with van der Waals surface area (Å²) in [7, 11) is 0. The Morgan fingerprint density at radius 1 is 0.958 bits per heavy atom. The lowest BCUT2D eigenvalue weighted by molar-refractivity contribution is -0.384. The van der Waals surface area contributed by atoms with E-state index >= 15 is 0 Å². The molecule has 0 spiro atoms. The Bertz CT molecular complexity index is 889. The Hall–Kier alpha value is -3.23. The first-order valence-electron chi connectivity index (χ1n) is 6.60. The van der Waals surface area contributed by atoms with Crippen LogP contribution in [-0.4, -0.2) is 15.1 Å². The van der Waals surface area contributed by atoms with E-state index in [9.17, 15) is 23.3 Å². The number of hydrogen-bond donors (Lipinski definition) is 0. The largest absolute Gasteiger partial charge is 0.416 e. The minimum Gasteiger partial charge on any atom is -0.416 e. The summed E-state index contributed by atoms with van der Waals surface area (Å²) in [5.41, 5.74) is -0.270. The molecule has 6 nitrogen and oxygen atoms in total. The van der Waals surface area contributed by atoms with Crippen LogP contribution in [0.4, 0.5) is 18.9 Å². The molecule has 0 N–H and O–H groups in total. The second kappa shape index (κ2) is 5.76. The third kappa shape index (κ3) is 3.09. The average molecular weight is 335 g/mol. The molecule has 3 rings (SSSR count). The molecule has 0 fully saturated rings. The van der Waals surface area contributed by atoms with Crippen molar-refractivity contribution in [2.75, 3.05) is 0 Å². The maximum Gasteiger partial charge on any atom is 0.416 e. The van der Waals surface area contributed by atoms with E-state index in [-0.39, 0.29) is 17.5 Å². The van der Waals surface area contributed by atoms with Gasteiger partial charge in [0.25, 0.3) is 5.69 Å². The van der Waals surface area contributed by atoms with Gasteiger partial charge in [0.15, 0.2) is 0 Å². The van der Waals surface area contributed by atoms with Gasteiger partial charge < -0.3 is 4.42 Å². The zero-order valence-corrected chi connectivity index (χ0v) is 11.8. The second-order valence-electron chi connectivity index (χ2n) is 4.79. The van der Waals surface area contributed by atoms with E-state index in [0.717, 1.165) is 12.1 Å². The van der Waals surface area contributed by atoms with Crippen molar-refractivity contribution in [3.63, 3.8) is 0 Å². The molecule has 0 aliphatic heterocycles. The Balaban J connectivity index is 1.91. The molecule has 0 amide bonds. The van der Waals surface area contributed by atoms with Gasteiger partial charge in [-0.1, -0.05) is 6.07 Å². The molecule has 0 aliphatic carbocycles. The molecule has 0 unspecified atom stereocenters. The molecule has 0 saturated heterocycles. The fraction of sp³-hybridized carbons (Fsp3) is 0.0667. The van der Waals surface area contributed by atoms with E-state index in [0.29, 0.717) is 11.1 Å². The van der Waals surface area contributed by atoms with E-state index in [1.54, 1.807) is 6.07 Å². The van der Waals surface area contributed by atoms with Crippen LogP contribution in [0.1, 0.15) is 5.56 Å². The van der Waals surface area contributed by atoms with Gasteiger partial charge in [0.1, 0.15) is 0 Å². The maximum atomic E-state index is 12.5. The molecule has 2 aromatic carbocycles. The predicted octanol–water partition coefficient (Wildman–Crippen LogP) is 4.33. The monoisotopic (exact) mass is 335 g/mol. The molecule has 9 heteroatoms. The highest BCUT2D eigenvalue weighted by Crippen LogP contribution is 2.31. The summed E-state index contributed by atoms with van der Waals surface area (Å²) in [5.74, 6) is 0.0545. The van der Waals surface area contributed by atoms with Crippen molar-refractivity contribution in [1.82, 2.24) is 10.2 Å². The fourth-order valence-electron chi connectivity index (χ4n) is 2.01. The van der Waals surface area contributed by atoms with Crippen molar-refractivity contribution >= 4 is 5.69 Å². The highest BCUT2D eigenvalue weighted by molar-refractivity contribution is 5.60. The van der Waals surface area contributed by atoms with Crippen LogP contribution in [0.5, 0.6) is 0 Å². The van der Waals surface area contributed by atoms with Crippen LogP contribution in [0.25, 0.3) is 22.9 Å². The average Bonchev–Trinajstić information content (AvgIpc) is 3.04. The highest BCUT2D eigenvalue weighted by atomic mass is 19.4. The lowest BCUT2D eigenvalue weighted by atomic mass is 10.1. The molecule has 122 valence electrons. The second-order valence-corrected chi connectivity index (χ2v) is 4.79. The minimum absolute atomic E-state index is 0.0187. The summed E-state index contributed by atoms with van der Waals surface area (Å²) in [6.45, 7) is 0. The molecule has 3 aromatic rings. The first kappa shape index (κ1) is 15.7. The van der Waals surface area contributed by atoms with E-state index in [1.165, 1.54) is 30.3 Å². The molecule has 1 aromatic heterocycles. The summed E-state index contributed by atoms with van der Waals surface area (Å²) in [6.07, 6.45) is -4.43. The lowest BCUT2D eigenvalue weighted by Gasteiger charge is -2.05. The number of hydrogen-bond acceptors (Lipinski definition) is 5. The number of benzene rings is 2. The minimum atomic E-state index is -4.43. The van der Waals surface area contributed by atoms with Crippen molar-refractivity contribution in [1.29, 1.82) is 0 Å². The summed E-state index contributed by atoms with van der Waals surface area (Å²) in [4.78, 5) is 10.2. The summed E-state index contributed by atoms with van der Waals surface area (Å²) in [5, 5.41) is 18.3. The van der Waals surface area contributed by atoms with E-state index < -0.39 is 16.7 Å². The fourth-order valence-corrected chi connectivity index (χ4v) is 2.01. The quantitative estimate of drug-likeness (QED) is 0.525. The van der Waals surface area contributed by atoms with Gasteiger partial charge >= 0.3 is 6.18 Å². The van der Waals surface area contributed by atoms with Crippen LogP contribution >= 0.6 is 0 Å². The lowest BCUT2D eigenvalue weighted by Crippen LogP contribution is -2.03. The SMILES string of the molecule is O=[N+]([O-])c1cccc(-c2nnc(-c3ccc(C(F)(F)F)cc3)o2)c1. The molecule has 1 heterocycles. The first-order valence-corrected chi connectivity index (χ1v) is 6.60. The van der Waals surface area contributed by atoms with Crippen LogP contribution in [0, 0.1) is 10.1 Å². The van der Waals surface area contributed by atoms with Crippen LogP contribution < -0.4 is 0 Å². The summed E-state index contributed by atoms with van der Waals surface area (Å²) >= 11 is 0. The van der Waals surface area contributed by atoms with Gasteiger partial charge in [-0.25, -0.2) is 0 Å². The predicted molar refractivity (Wildman–Crippen MR) is 76.8 cm³/mol. The molecule has 0 atom stereocenters. The topological polar surface area (TPSA) is 82.1 Å². The Morgan fingerprint density at radius 2 is 1.58 bits per heavy atom. The van der Waals surface area contributed by atoms with E-state index in [4.69, 9.17) is 4.42 Å². The van der Waals surface area contributed by atoms with Crippen LogP contribution in [-0.2, 0) is 6.18 Å². The molecular weight excluding hydrogens is 327 g/mol. The third-order valence-electron chi connectivity index (χ3n) is 3.19. The summed E-state index contributed by atoms with van der Waals surface area (Å²) < 4.78 is 43.0.